The topological polar surface area (TPSA) is 66.4 Å². The monoisotopic (exact) mass is 369 g/mol. The van der Waals surface area contributed by atoms with Crippen LogP contribution in [0.15, 0.2) is 45.8 Å². The summed E-state index contributed by atoms with van der Waals surface area (Å²) in [5.74, 6) is 0. The Morgan fingerprint density at radius 3 is 2.52 bits per heavy atom. The second-order valence-electron chi connectivity index (χ2n) is 4.86. The van der Waals surface area contributed by atoms with Gasteiger partial charge in [0.25, 0.3) is 10.0 Å². The van der Waals surface area contributed by atoms with Gasteiger partial charge in [0.2, 0.25) is 0 Å². The van der Waals surface area contributed by atoms with Crippen LogP contribution in [0.25, 0.3) is 0 Å². The van der Waals surface area contributed by atoms with Gasteiger partial charge in [0, 0.05) is 10.2 Å². The molecule has 2 aromatic carbocycles. The number of anilines is 1. The SMILES string of the molecule is Cc1cccc(NS(=O)(=O)c2cc(CO)cc(C)c2Br)c1. The zero-order valence-corrected chi connectivity index (χ0v) is 14.1. The number of hydrogen-bond donors (Lipinski definition) is 2. The molecule has 21 heavy (non-hydrogen) atoms. The Bertz CT molecular complexity index is 772. The highest BCUT2D eigenvalue weighted by atomic mass is 79.9. The summed E-state index contributed by atoms with van der Waals surface area (Å²) >= 11 is 3.31. The average Bonchev–Trinajstić information content (AvgIpc) is 2.41. The van der Waals surface area contributed by atoms with Crippen LogP contribution < -0.4 is 4.72 Å². The molecule has 0 saturated carbocycles. The van der Waals surface area contributed by atoms with Gasteiger partial charge in [0.15, 0.2) is 0 Å². The highest BCUT2D eigenvalue weighted by molar-refractivity contribution is 9.10. The van der Waals surface area contributed by atoms with E-state index in [9.17, 15) is 13.5 Å². The van der Waals surface area contributed by atoms with Crippen molar-refractivity contribution in [1.82, 2.24) is 0 Å². The summed E-state index contributed by atoms with van der Waals surface area (Å²) in [7, 11) is -3.72. The minimum Gasteiger partial charge on any atom is -0.392 e. The number of aryl methyl sites for hydroxylation is 2. The molecule has 0 radical (unpaired) electrons. The fourth-order valence-corrected chi connectivity index (χ4v) is 4.13. The minimum atomic E-state index is -3.72. The second-order valence-corrected chi connectivity index (χ2v) is 7.30. The first-order valence-corrected chi connectivity index (χ1v) is 8.60. The molecule has 0 aliphatic heterocycles. The molecule has 0 saturated heterocycles. The fraction of sp³-hybridized carbons (Fsp3) is 0.200. The largest absolute Gasteiger partial charge is 0.392 e. The van der Waals surface area contributed by atoms with Crippen molar-refractivity contribution in [3.63, 3.8) is 0 Å². The van der Waals surface area contributed by atoms with Crippen molar-refractivity contribution in [1.29, 1.82) is 0 Å². The lowest BCUT2D eigenvalue weighted by Gasteiger charge is -2.13. The van der Waals surface area contributed by atoms with Gasteiger partial charge in [0.1, 0.15) is 4.90 Å². The molecule has 0 atom stereocenters. The van der Waals surface area contributed by atoms with Crippen molar-refractivity contribution in [3.8, 4) is 0 Å². The van der Waals surface area contributed by atoms with E-state index in [0.29, 0.717) is 15.7 Å². The summed E-state index contributed by atoms with van der Waals surface area (Å²) in [4.78, 5) is 0.119. The van der Waals surface area contributed by atoms with Crippen LogP contribution in [-0.4, -0.2) is 13.5 Å². The maximum Gasteiger partial charge on any atom is 0.263 e. The van der Waals surface area contributed by atoms with E-state index in [0.717, 1.165) is 11.1 Å². The molecule has 0 aromatic heterocycles. The third-order valence-corrected chi connectivity index (χ3v) is 5.74. The summed E-state index contributed by atoms with van der Waals surface area (Å²) in [6.07, 6.45) is 0. The van der Waals surface area contributed by atoms with Crippen molar-refractivity contribution in [2.75, 3.05) is 4.72 Å². The van der Waals surface area contributed by atoms with Gasteiger partial charge in [-0.25, -0.2) is 8.42 Å². The highest BCUT2D eigenvalue weighted by Gasteiger charge is 2.20. The molecule has 6 heteroatoms. The quantitative estimate of drug-likeness (QED) is 0.867. The lowest BCUT2D eigenvalue weighted by molar-refractivity contribution is 0.281. The van der Waals surface area contributed by atoms with Crippen molar-refractivity contribution in [2.45, 2.75) is 25.3 Å². The number of sulfonamides is 1. The molecular formula is C15H16BrNO3S. The molecule has 0 amide bonds. The minimum absolute atomic E-state index is 0.119. The van der Waals surface area contributed by atoms with Crippen molar-refractivity contribution < 1.29 is 13.5 Å². The molecule has 0 aliphatic carbocycles. The van der Waals surface area contributed by atoms with E-state index < -0.39 is 10.0 Å². The number of aliphatic hydroxyl groups is 1. The molecule has 0 unspecified atom stereocenters. The average molecular weight is 370 g/mol. The van der Waals surface area contributed by atoms with Gasteiger partial charge >= 0.3 is 0 Å². The number of nitrogens with one attached hydrogen (secondary N) is 1. The van der Waals surface area contributed by atoms with Crippen LogP contribution >= 0.6 is 15.9 Å². The maximum atomic E-state index is 12.5. The Morgan fingerprint density at radius 1 is 1.19 bits per heavy atom. The Balaban J connectivity index is 2.47. The molecule has 0 spiro atoms. The molecule has 0 aliphatic rings. The maximum absolute atomic E-state index is 12.5. The molecule has 0 fully saturated rings. The van der Waals surface area contributed by atoms with Crippen LogP contribution in [-0.2, 0) is 16.6 Å². The zero-order chi connectivity index (χ0) is 15.6. The third-order valence-electron chi connectivity index (χ3n) is 3.02. The van der Waals surface area contributed by atoms with Crippen molar-refractivity contribution in [3.05, 3.63) is 57.6 Å². The molecule has 0 heterocycles. The van der Waals surface area contributed by atoms with Crippen molar-refractivity contribution in [2.24, 2.45) is 0 Å². The van der Waals surface area contributed by atoms with Crippen LogP contribution in [0.4, 0.5) is 5.69 Å². The smallest absolute Gasteiger partial charge is 0.263 e. The molecule has 4 nitrogen and oxygen atoms in total. The number of benzene rings is 2. The third kappa shape index (κ3) is 3.64. The van der Waals surface area contributed by atoms with E-state index in [4.69, 9.17) is 0 Å². The van der Waals surface area contributed by atoms with Crippen LogP contribution in [0.3, 0.4) is 0 Å². The Labute approximate surface area is 133 Å². The van der Waals surface area contributed by atoms with Gasteiger partial charge in [-0.2, -0.15) is 0 Å². The van der Waals surface area contributed by atoms with Crippen LogP contribution in [0, 0.1) is 13.8 Å². The normalized spacial score (nSPS) is 11.4. The molecule has 2 N–H and O–H groups in total. The lowest BCUT2D eigenvalue weighted by atomic mass is 10.1. The summed E-state index contributed by atoms with van der Waals surface area (Å²) in [6.45, 7) is 3.47. The summed E-state index contributed by atoms with van der Waals surface area (Å²) < 4.78 is 28.1. The first-order valence-electron chi connectivity index (χ1n) is 6.33. The van der Waals surface area contributed by atoms with Gasteiger partial charge in [-0.3, -0.25) is 4.72 Å². The van der Waals surface area contributed by atoms with E-state index in [1.807, 2.05) is 13.0 Å². The van der Waals surface area contributed by atoms with Gasteiger partial charge in [-0.15, -0.1) is 0 Å². The van der Waals surface area contributed by atoms with Crippen LogP contribution in [0.2, 0.25) is 0 Å². The van der Waals surface area contributed by atoms with Gasteiger partial charge in [-0.05, 0) is 64.7 Å². The van der Waals surface area contributed by atoms with Gasteiger partial charge in [0.05, 0.1) is 6.61 Å². The van der Waals surface area contributed by atoms with E-state index in [-0.39, 0.29) is 11.5 Å². The first-order chi connectivity index (χ1) is 9.83. The summed E-state index contributed by atoms with van der Waals surface area (Å²) in [6, 6.07) is 10.3. The number of aliphatic hydroxyl groups excluding tert-OH is 1. The van der Waals surface area contributed by atoms with E-state index >= 15 is 0 Å². The number of halogens is 1. The van der Waals surface area contributed by atoms with E-state index in [1.54, 1.807) is 31.2 Å². The number of hydrogen-bond acceptors (Lipinski definition) is 3. The zero-order valence-electron chi connectivity index (χ0n) is 11.7. The highest BCUT2D eigenvalue weighted by Crippen LogP contribution is 2.29. The van der Waals surface area contributed by atoms with E-state index in [2.05, 4.69) is 20.7 Å². The Morgan fingerprint density at radius 2 is 1.90 bits per heavy atom. The standard InChI is InChI=1S/C15H16BrNO3S/c1-10-4-3-5-13(6-10)17-21(19,20)14-8-12(9-18)7-11(2)15(14)16/h3-8,17-18H,9H2,1-2H3. The Kier molecular flexibility index (Phi) is 4.70. The Hall–Kier alpha value is -1.37. The molecule has 0 bridgehead atoms. The van der Waals surface area contributed by atoms with E-state index in [1.165, 1.54) is 6.07 Å². The molecule has 2 rings (SSSR count). The molecule has 112 valence electrons. The fourth-order valence-electron chi connectivity index (χ4n) is 2.01. The second kappa shape index (κ2) is 6.17. The van der Waals surface area contributed by atoms with Crippen LogP contribution in [0.1, 0.15) is 16.7 Å². The number of rotatable bonds is 4. The molecular weight excluding hydrogens is 354 g/mol. The molecule has 2 aromatic rings. The predicted octanol–water partition coefficient (Wildman–Crippen LogP) is 3.36. The van der Waals surface area contributed by atoms with Gasteiger partial charge < -0.3 is 5.11 Å². The first kappa shape index (κ1) is 16.0. The lowest BCUT2D eigenvalue weighted by Crippen LogP contribution is -2.14. The summed E-state index contributed by atoms with van der Waals surface area (Å²) in [5.41, 5.74) is 2.79. The van der Waals surface area contributed by atoms with Gasteiger partial charge in [-0.1, -0.05) is 18.2 Å². The van der Waals surface area contributed by atoms with Crippen molar-refractivity contribution >= 4 is 31.6 Å². The van der Waals surface area contributed by atoms with Crippen LogP contribution in [0.5, 0.6) is 0 Å². The summed E-state index contributed by atoms with van der Waals surface area (Å²) in [5, 5.41) is 9.24. The predicted molar refractivity (Wildman–Crippen MR) is 86.8 cm³/mol.